The van der Waals surface area contributed by atoms with Crippen molar-refractivity contribution in [3.8, 4) is 0 Å². The largest absolute Gasteiger partial charge is 0.322 e. The van der Waals surface area contributed by atoms with E-state index < -0.39 is 0 Å². The fourth-order valence-corrected chi connectivity index (χ4v) is 2.04. The Morgan fingerprint density at radius 3 is 2.89 bits per heavy atom. The van der Waals surface area contributed by atoms with Gasteiger partial charge in [0, 0.05) is 22.6 Å². The van der Waals surface area contributed by atoms with Crippen LogP contribution in [-0.4, -0.2) is 10.9 Å². The molecule has 1 aromatic heterocycles. The standard InChI is InChI=1S/C13H10BrClN2O/c1-8-7-16-5-4-12(8)17-13(18)10-6-9(14)2-3-11(10)15/h2-7H,1H3,(H,16,17,18). The molecule has 92 valence electrons. The fraction of sp³-hybridized carbons (Fsp3) is 0.0769. The number of aromatic nitrogens is 1. The molecule has 0 aliphatic carbocycles. The van der Waals surface area contributed by atoms with E-state index in [2.05, 4.69) is 26.2 Å². The number of benzene rings is 1. The first kappa shape index (κ1) is 13.1. The van der Waals surface area contributed by atoms with Crippen molar-refractivity contribution in [1.29, 1.82) is 0 Å². The van der Waals surface area contributed by atoms with Crippen molar-refractivity contribution in [2.75, 3.05) is 5.32 Å². The smallest absolute Gasteiger partial charge is 0.257 e. The van der Waals surface area contributed by atoms with Crippen molar-refractivity contribution in [3.05, 3.63) is 57.3 Å². The van der Waals surface area contributed by atoms with Crippen LogP contribution in [0, 0.1) is 6.92 Å². The summed E-state index contributed by atoms with van der Waals surface area (Å²) >= 11 is 9.32. The summed E-state index contributed by atoms with van der Waals surface area (Å²) in [6, 6.07) is 6.91. The number of aryl methyl sites for hydroxylation is 1. The second-order valence-electron chi connectivity index (χ2n) is 3.77. The van der Waals surface area contributed by atoms with Crippen LogP contribution in [0.3, 0.4) is 0 Å². The van der Waals surface area contributed by atoms with Crippen LogP contribution in [0.5, 0.6) is 0 Å². The highest BCUT2D eigenvalue weighted by Crippen LogP contribution is 2.22. The number of hydrogen-bond acceptors (Lipinski definition) is 2. The predicted molar refractivity (Wildman–Crippen MR) is 76.1 cm³/mol. The van der Waals surface area contributed by atoms with E-state index >= 15 is 0 Å². The molecule has 0 bridgehead atoms. The Kier molecular flexibility index (Phi) is 3.99. The van der Waals surface area contributed by atoms with Crippen LogP contribution < -0.4 is 5.32 Å². The molecule has 0 fully saturated rings. The third kappa shape index (κ3) is 2.89. The average Bonchev–Trinajstić information content (AvgIpc) is 2.35. The van der Waals surface area contributed by atoms with Gasteiger partial charge in [-0.2, -0.15) is 0 Å². The van der Waals surface area contributed by atoms with Crippen LogP contribution in [-0.2, 0) is 0 Å². The van der Waals surface area contributed by atoms with Crippen LogP contribution in [0.4, 0.5) is 5.69 Å². The molecule has 0 saturated carbocycles. The molecule has 0 aliphatic rings. The van der Waals surface area contributed by atoms with Gasteiger partial charge < -0.3 is 5.32 Å². The van der Waals surface area contributed by atoms with Crippen LogP contribution >= 0.6 is 27.5 Å². The topological polar surface area (TPSA) is 42.0 Å². The minimum absolute atomic E-state index is 0.240. The van der Waals surface area contributed by atoms with Gasteiger partial charge in [0.2, 0.25) is 0 Å². The monoisotopic (exact) mass is 324 g/mol. The molecule has 1 N–H and O–H groups in total. The number of pyridine rings is 1. The zero-order valence-electron chi connectivity index (χ0n) is 9.58. The summed E-state index contributed by atoms with van der Waals surface area (Å²) in [5.74, 6) is -0.240. The van der Waals surface area contributed by atoms with Gasteiger partial charge in [0.1, 0.15) is 0 Å². The Balaban J connectivity index is 2.28. The molecular weight excluding hydrogens is 316 g/mol. The van der Waals surface area contributed by atoms with E-state index in [0.29, 0.717) is 10.6 Å². The van der Waals surface area contributed by atoms with Gasteiger partial charge in [0.15, 0.2) is 0 Å². The molecule has 18 heavy (non-hydrogen) atoms. The number of nitrogens with zero attached hydrogens (tertiary/aromatic N) is 1. The highest BCUT2D eigenvalue weighted by atomic mass is 79.9. The fourth-order valence-electron chi connectivity index (χ4n) is 1.47. The Hall–Kier alpha value is -1.39. The van der Waals surface area contributed by atoms with E-state index in [9.17, 15) is 4.79 Å². The lowest BCUT2D eigenvalue weighted by atomic mass is 10.2. The molecule has 2 rings (SSSR count). The van der Waals surface area contributed by atoms with Gasteiger partial charge in [-0.15, -0.1) is 0 Å². The lowest BCUT2D eigenvalue weighted by Crippen LogP contribution is -2.13. The molecule has 0 radical (unpaired) electrons. The molecular formula is C13H10BrClN2O. The van der Waals surface area contributed by atoms with Crippen LogP contribution in [0.25, 0.3) is 0 Å². The van der Waals surface area contributed by atoms with Gasteiger partial charge in [-0.3, -0.25) is 9.78 Å². The minimum atomic E-state index is -0.240. The van der Waals surface area contributed by atoms with Gasteiger partial charge in [-0.1, -0.05) is 27.5 Å². The third-order valence-corrected chi connectivity index (χ3v) is 3.26. The number of carbonyl (C=O) groups is 1. The second-order valence-corrected chi connectivity index (χ2v) is 5.09. The summed E-state index contributed by atoms with van der Waals surface area (Å²) < 4.78 is 0.809. The summed E-state index contributed by atoms with van der Waals surface area (Å²) in [6.07, 6.45) is 3.32. The van der Waals surface area contributed by atoms with Crippen molar-refractivity contribution in [2.45, 2.75) is 6.92 Å². The SMILES string of the molecule is Cc1cnccc1NC(=O)c1cc(Br)ccc1Cl. The quantitative estimate of drug-likeness (QED) is 0.905. The Morgan fingerprint density at radius 2 is 2.17 bits per heavy atom. The molecule has 3 nitrogen and oxygen atoms in total. The highest BCUT2D eigenvalue weighted by molar-refractivity contribution is 9.10. The maximum atomic E-state index is 12.1. The van der Waals surface area contributed by atoms with E-state index in [1.807, 2.05) is 6.92 Å². The number of hydrogen-bond donors (Lipinski definition) is 1. The van der Waals surface area contributed by atoms with E-state index in [-0.39, 0.29) is 5.91 Å². The minimum Gasteiger partial charge on any atom is -0.322 e. The van der Waals surface area contributed by atoms with Gasteiger partial charge in [-0.05, 0) is 36.8 Å². The summed E-state index contributed by atoms with van der Waals surface area (Å²) in [5, 5.41) is 3.23. The molecule has 1 aromatic carbocycles. The number of carbonyl (C=O) groups excluding carboxylic acids is 1. The Bertz CT molecular complexity index is 601. The summed E-state index contributed by atoms with van der Waals surface area (Å²) in [6.45, 7) is 1.88. The predicted octanol–water partition coefficient (Wildman–Crippen LogP) is 4.06. The van der Waals surface area contributed by atoms with Crippen molar-refractivity contribution < 1.29 is 4.79 Å². The number of nitrogens with one attached hydrogen (secondary N) is 1. The zero-order chi connectivity index (χ0) is 13.1. The van der Waals surface area contributed by atoms with Crippen molar-refractivity contribution in [2.24, 2.45) is 0 Å². The number of rotatable bonds is 2. The van der Waals surface area contributed by atoms with Crippen LogP contribution in [0.1, 0.15) is 15.9 Å². The third-order valence-electron chi connectivity index (χ3n) is 2.44. The maximum absolute atomic E-state index is 12.1. The van der Waals surface area contributed by atoms with Crippen molar-refractivity contribution in [3.63, 3.8) is 0 Å². The van der Waals surface area contributed by atoms with E-state index in [1.165, 1.54) is 0 Å². The first-order valence-electron chi connectivity index (χ1n) is 5.25. The lowest BCUT2D eigenvalue weighted by Gasteiger charge is -2.09. The average molecular weight is 326 g/mol. The molecule has 0 spiro atoms. The molecule has 5 heteroatoms. The van der Waals surface area contributed by atoms with Crippen molar-refractivity contribution >= 4 is 39.1 Å². The van der Waals surface area contributed by atoms with E-state index in [0.717, 1.165) is 15.7 Å². The highest BCUT2D eigenvalue weighted by Gasteiger charge is 2.11. The summed E-state index contributed by atoms with van der Waals surface area (Å²) in [4.78, 5) is 16.1. The molecule has 1 heterocycles. The normalized spacial score (nSPS) is 10.2. The molecule has 1 amide bonds. The molecule has 2 aromatic rings. The van der Waals surface area contributed by atoms with Gasteiger partial charge >= 0.3 is 0 Å². The maximum Gasteiger partial charge on any atom is 0.257 e. The molecule has 0 aliphatic heterocycles. The van der Waals surface area contributed by atoms with Gasteiger partial charge in [0.25, 0.3) is 5.91 Å². The first-order valence-corrected chi connectivity index (χ1v) is 6.42. The summed E-state index contributed by atoms with van der Waals surface area (Å²) in [5.41, 5.74) is 2.06. The molecule has 0 atom stereocenters. The second kappa shape index (κ2) is 5.50. The summed E-state index contributed by atoms with van der Waals surface area (Å²) in [7, 11) is 0. The van der Waals surface area contributed by atoms with Crippen LogP contribution in [0.15, 0.2) is 41.1 Å². The Labute approximate surface area is 118 Å². The van der Waals surface area contributed by atoms with E-state index in [1.54, 1.807) is 36.7 Å². The van der Waals surface area contributed by atoms with Gasteiger partial charge in [-0.25, -0.2) is 0 Å². The van der Waals surface area contributed by atoms with E-state index in [4.69, 9.17) is 11.6 Å². The zero-order valence-corrected chi connectivity index (χ0v) is 11.9. The van der Waals surface area contributed by atoms with Gasteiger partial charge in [0.05, 0.1) is 10.6 Å². The number of amides is 1. The Morgan fingerprint density at radius 1 is 1.39 bits per heavy atom. The van der Waals surface area contributed by atoms with Crippen molar-refractivity contribution in [1.82, 2.24) is 4.98 Å². The lowest BCUT2D eigenvalue weighted by molar-refractivity contribution is 0.102. The number of anilines is 1. The first-order chi connectivity index (χ1) is 8.58. The molecule has 0 unspecified atom stereocenters. The van der Waals surface area contributed by atoms with Crippen LogP contribution in [0.2, 0.25) is 5.02 Å². The molecule has 0 saturated heterocycles. The number of halogens is 2.